The second-order valence-electron chi connectivity index (χ2n) is 6.33. The maximum atomic E-state index is 5.23. The van der Waals surface area contributed by atoms with Crippen molar-refractivity contribution in [3.05, 3.63) is 30.6 Å². The predicted octanol–water partition coefficient (Wildman–Crippen LogP) is 4.00. The van der Waals surface area contributed by atoms with Gasteiger partial charge in [0.1, 0.15) is 28.0 Å². The molecule has 24 heavy (non-hydrogen) atoms. The number of ether oxygens (including phenoxy) is 1. The number of anilines is 1. The van der Waals surface area contributed by atoms with Gasteiger partial charge in [-0.05, 0) is 54.6 Å². The highest BCUT2D eigenvalue weighted by atomic mass is 32.1. The fraction of sp³-hybridized carbons (Fsp3) is 0.389. The van der Waals surface area contributed by atoms with Crippen LogP contribution in [0.4, 0.5) is 5.82 Å². The second-order valence-corrected chi connectivity index (χ2v) is 7.10. The lowest BCUT2D eigenvalue weighted by Gasteiger charge is -2.31. The quantitative estimate of drug-likeness (QED) is 0.721. The maximum absolute atomic E-state index is 5.23. The predicted molar refractivity (Wildman–Crippen MR) is 97.8 cm³/mol. The van der Waals surface area contributed by atoms with Gasteiger partial charge in [0.2, 0.25) is 0 Å². The molecule has 0 unspecified atom stereocenters. The van der Waals surface area contributed by atoms with E-state index < -0.39 is 0 Å². The monoisotopic (exact) mass is 340 g/mol. The first-order valence-electron chi connectivity index (χ1n) is 8.26. The topological polar surface area (TPSA) is 51.1 Å². The highest BCUT2D eigenvalue weighted by Gasteiger charge is 2.22. The Kier molecular flexibility index (Phi) is 4.06. The van der Waals surface area contributed by atoms with Gasteiger partial charge in [0.05, 0.1) is 7.11 Å². The molecule has 124 valence electrons. The van der Waals surface area contributed by atoms with Crippen LogP contribution < -0.4 is 9.64 Å². The summed E-state index contributed by atoms with van der Waals surface area (Å²) in [6.45, 7) is 4.42. The molecular formula is C18H20N4OS. The Balaban J connectivity index is 1.75. The standard InChI is InChI=1S/C18H20N4OS/c1-12-4-3-9-22(10-12)18-17-16(19-11-20-18)15(21-24-17)13-5-7-14(23-2)8-6-13/h5-8,11-12H,3-4,9-10H2,1-2H3/t12-/m1/s1. The van der Waals surface area contributed by atoms with E-state index in [-0.39, 0.29) is 0 Å². The Labute approximate surface area is 145 Å². The van der Waals surface area contributed by atoms with Crippen LogP contribution in [0.2, 0.25) is 0 Å². The van der Waals surface area contributed by atoms with Crippen molar-refractivity contribution in [1.82, 2.24) is 14.3 Å². The summed E-state index contributed by atoms with van der Waals surface area (Å²) in [4.78, 5) is 11.5. The number of aromatic nitrogens is 3. The van der Waals surface area contributed by atoms with Crippen LogP contribution in [-0.2, 0) is 0 Å². The molecule has 3 heterocycles. The molecule has 1 aromatic carbocycles. The Bertz CT molecular complexity index is 846. The lowest BCUT2D eigenvalue weighted by molar-refractivity contribution is 0.415. The van der Waals surface area contributed by atoms with Crippen molar-refractivity contribution in [2.75, 3.05) is 25.1 Å². The molecule has 0 saturated carbocycles. The zero-order valence-electron chi connectivity index (χ0n) is 13.9. The van der Waals surface area contributed by atoms with Crippen molar-refractivity contribution in [3.63, 3.8) is 0 Å². The van der Waals surface area contributed by atoms with Gasteiger partial charge < -0.3 is 9.64 Å². The SMILES string of the molecule is COc1ccc(-c2nsc3c(N4CCC[C@@H](C)C4)ncnc23)cc1. The molecule has 0 aliphatic carbocycles. The van der Waals surface area contributed by atoms with Crippen LogP contribution in [0.25, 0.3) is 21.5 Å². The molecule has 1 aliphatic heterocycles. The van der Waals surface area contributed by atoms with Gasteiger partial charge in [0.15, 0.2) is 5.82 Å². The minimum absolute atomic E-state index is 0.706. The van der Waals surface area contributed by atoms with Crippen LogP contribution in [0.15, 0.2) is 30.6 Å². The molecule has 0 amide bonds. The number of rotatable bonds is 3. The average Bonchev–Trinajstić information content (AvgIpc) is 3.06. The van der Waals surface area contributed by atoms with Gasteiger partial charge >= 0.3 is 0 Å². The third-order valence-corrected chi connectivity index (χ3v) is 5.39. The van der Waals surface area contributed by atoms with Crippen molar-refractivity contribution in [2.24, 2.45) is 5.92 Å². The molecule has 2 aromatic heterocycles. The van der Waals surface area contributed by atoms with Crippen molar-refractivity contribution >= 4 is 27.6 Å². The summed E-state index contributed by atoms with van der Waals surface area (Å²) in [5, 5.41) is 0. The van der Waals surface area contributed by atoms with Gasteiger partial charge in [-0.15, -0.1) is 0 Å². The van der Waals surface area contributed by atoms with Crippen LogP contribution in [0.5, 0.6) is 5.75 Å². The Morgan fingerprint density at radius 1 is 1.21 bits per heavy atom. The molecule has 0 spiro atoms. The number of hydrogen-bond donors (Lipinski definition) is 0. The molecule has 1 atom stereocenters. The number of hydrogen-bond acceptors (Lipinski definition) is 6. The number of nitrogens with zero attached hydrogens (tertiary/aromatic N) is 4. The van der Waals surface area contributed by atoms with Crippen LogP contribution in [-0.4, -0.2) is 34.5 Å². The highest BCUT2D eigenvalue weighted by molar-refractivity contribution is 7.14. The summed E-state index contributed by atoms with van der Waals surface area (Å²) in [7, 11) is 1.67. The van der Waals surface area contributed by atoms with Crippen LogP contribution >= 0.6 is 11.5 Å². The summed E-state index contributed by atoms with van der Waals surface area (Å²) in [5.41, 5.74) is 2.92. The zero-order valence-corrected chi connectivity index (χ0v) is 14.7. The van der Waals surface area contributed by atoms with Gasteiger partial charge in [0.25, 0.3) is 0 Å². The van der Waals surface area contributed by atoms with E-state index in [4.69, 9.17) is 4.74 Å². The van der Waals surface area contributed by atoms with E-state index >= 15 is 0 Å². The largest absolute Gasteiger partial charge is 0.497 e. The van der Waals surface area contributed by atoms with E-state index in [1.54, 1.807) is 13.4 Å². The fourth-order valence-corrected chi connectivity index (χ4v) is 4.17. The summed E-state index contributed by atoms with van der Waals surface area (Å²) in [6, 6.07) is 7.96. The van der Waals surface area contributed by atoms with E-state index in [1.165, 1.54) is 24.4 Å². The molecule has 1 fully saturated rings. The van der Waals surface area contributed by atoms with Crippen molar-refractivity contribution in [3.8, 4) is 17.0 Å². The Morgan fingerprint density at radius 2 is 2.04 bits per heavy atom. The lowest BCUT2D eigenvalue weighted by atomic mass is 10.0. The molecule has 0 radical (unpaired) electrons. The van der Waals surface area contributed by atoms with E-state index in [2.05, 4.69) is 26.2 Å². The summed E-state index contributed by atoms with van der Waals surface area (Å²) >= 11 is 1.49. The molecule has 6 heteroatoms. The van der Waals surface area contributed by atoms with Crippen molar-refractivity contribution in [2.45, 2.75) is 19.8 Å². The van der Waals surface area contributed by atoms with E-state index in [0.717, 1.165) is 46.1 Å². The summed E-state index contributed by atoms with van der Waals surface area (Å²) in [5.74, 6) is 2.58. The number of piperidine rings is 1. The average molecular weight is 340 g/mol. The normalized spacial score (nSPS) is 18.1. The van der Waals surface area contributed by atoms with E-state index in [9.17, 15) is 0 Å². The lowest BCUT2D eigenvalue weighted by Crippen LogP contribution is -2.34. The smallest absolute Gasteiger partial charge is 0.151 e. The molecule has 0 N–H and O–H groups in total. The van der Waals surface area contributed by atoms with Crippen molar-refractivity contribution in [1.29, 1.82) is 0 Å². The van der Waals surface area contributed by atoms with Crippen LogP contribution in [0.1, 0.15) is 19.8 Å². The summed E-state index contributed by atoms with van der Waals surface area (Å²) < 4.78 is 11.0. The number of fused-ring (bicyclic) bond motifs is 1. The van der Waals surface area contributed by atoms with Gasteiger partial charge in [-0.2, -0.15) is 4.37 Å². The Morgan fingerprint density at radius 3 is 2.79 bits per heavy atom. The van der Waals surface area contributed by atoms with Gasteiger partial charge in [-0.3, -0.25) is 0 Å². The zero-order chi connectivity index (χ0) is 16.5. The molecule has 0 bridgehead atoms. The first-order chi connectivity index (χ1) is 11.8. The first kappa shape index (κ1) is 15.3. The van der Waals surface area contributed by atoms with E-state index in [0.29, 0.717) is 5.92 Å². The molecule has 4 rings (SSSR count). The molecule has 1 aliphatic rings. The van der Waals surface area contributed by atoms with Crippen molar-refractivity contribution < 1.29 is 4.74 Å². The second kappa shape index (κ2) is 6.36. The Hall–Kier alpha value is -2.21. The molecular weight excluding hydrogens is 320 g/mol. The molecule has 5 nitrogen and oxygen atoms in total. The van der Waals surface area contributed by atoms with Gasteiger partial charge in [-0.1, -0.05) is 6.92 Å². The number of benzene rings is 1. The van der Waals surface area contributed by atoms with Gasteiger partial charge in [0, 0.05) is 18.7 Å². The summed E-state index contributed by atoms with van der Waals surface area (Å²) in [6.07, 6.45) is 4.18. The molecule has 3 aromatic rings. The van der Waals surface area contributed by atoms with Gasteiger partial charge in [-0.25, -0.2) is 9.97 Å². The maximum Gasteiger partial charge on any atom is 0.151 e. The minimum Gasteiger partial charge on any atom is -0.497 e. The first-order valence-corrected chi connectivity index (χ1v) is 9.03. The van der Waals surface area contributed by atoms with Crippen LogP contribution in [0, 0.1) is 5.92 Å². The third-order valence-electron chi connectivity index (χ3n) is 4.56. The third kappa shape index (κ3) is 2.71. The highest BCUT2D eigenvalue weighted by Crippen LogP contribution is 2.35. The molecule has 1 saturated heterocycles. The van der Waals surface area contributed by atoms with Crippen LogP contribution in [0.3, 0.4) is 0 Å². The van der Waals surface area contributed by atoms with E-state index in [1.807, 2.05) is 24.3 Å². The fourth-order valence-electron chi connectivity index (χ4n) is 3.30. The number of methoxy groups -OCH3 is 1. The minimum atomic E-state index is 0.706.